The molecule has 1 atom stereocenters. The molecule has 0 bridgehead atoms. The molecule has 0 saturated heterocycles. The van der Waals surface area contributed by atoms with Crippen molar-refractivity contribution in [2.45, 2.75) is 33.9 Å². The predicted octanol–water partition coefficient (Wildman–Crippen LogP) is 9.62. The fourth-order valence-corrected chi connectivity index (χ4v) is 6.31. The molecule has 0 fully saturated rings. The van der Waals surface area contributed by atoms with Gasteiger partial charge < -0.3 is 9.47 Å². The number of benzene rings is 5. The van der Waals surface area contributed by atoms with Crippen LogP contribution in [0.15, 0.2) is 97.1 Å². The van der Waals surface area contributed by atoms with Crippen LogP contribution in [0.4, 0.5) is 11.4 Å². The Balaban J connectivity index is 0.00000264. The minimum Gasteiger partial charge on any atom is -0.326 e. The van der Waals surface area contributed by atoms with Crippen molar-refractivity contribution in [2.24, 2.45) is 0 Å². The van der Waals surface area contributed by atoms with Crippen molar-refractivity contribution in [1.82, 2.24) is 4.57 Å². The van der Waals surface area contributed by atoms with Gasteiger partial charge in [-0.1, -0.05) is 77.5 Å². The van der Waals surface area contributed by atoms with Crippen LogP contribution in [0.2, 0.25) is 0 Å². The Morgan fingerprint density at radius 2 is 1.24 bits per heavy atom. The molecule has 1 aliphatic heterocycles. The zero-order chi connectivity index (χ0) is 25.3. The summed E-state index contributed by atoms with van der Waals surface area (Å²) in [6.07, 6.45) is 0.0916. The first-order valence-electron chi connectivity index (χ1n) is 13.0. The van der Waals surface area contributed by atoms with E-state index in [0.29, 0.717) is 0 Å². The first kappa shape index (κ1) is 24.6. The van der Waals surface area contributed by atoms with E-state index < -0.39 is 0 Å². The van der Waals surface area contributed by atoms with Gasteiger partial charge >= 0.3 is 19.5 Å². The number of anilines is 2. The quantitative estimate of drug-likeness (QED) is 0.139. The summed E-state index contributed by atoms with van der Waals surface area (Å²) in [7, 11) is 0. The zero-order valence-electron chi connectivity index (χ0n) is 22.1. The smallest absolute Gasteiger partial charge is 0.326 e. The summed E-state index contributed by atoms with van der Waals surface area (Å²) < 4.78 is 2.58. The maximum absolute atomic E-state index is 3.64. The van der Waals surface area contributed by atoms with Crippen LogP contribution in [0.3, 0.4) is 0 Å². The maximum atomic E-state index is 3.64. The Bertz CT molecular complexity index is 1950. The van der Waals surface area contributed by atoms with Gasteiger partial charge in [0.25, 0.3) is 0 Å². The number of nitrogens with zero attached hydrogens (tertiary/aromatic N) is 2. The predicted molar refractivity (Wildman–Crippen MR) is 158 cm³/mol. The monoisotopic (exact) mass is 579 g/mol. The number of aryl methyl sites for hydroxylation is 3. The van der Waals surface area contributed by atoms with Crippen molar-refractivity contribution >= 4 is 54.7 Å². The van der Waals surface area contributed by atoms with Crippen LogP contribution in [0, 0.1) is 26.8 Å². The third-order valence-corrected chi connectivity index (χ3v) is 8.21. The van der Waals surface area contributed by atoms with E-state index in [4.69, 9.17) is 0 Å². The molecule has 38 heavy (non-hydrogen) atoms. The van der Waals surface area contributed by atoms with E-state index in [0.717, 1.165) is 5.39 Å². The Morgan fingerprint density at radius 3 is 2.03 bits per heavy atom. The third kappa shape index (κ3) is 3.42. The maximum Gasteiger partial charge on any atom is 1.00 e. The van der Waals surface area contributed by atoms with Crippen molar-refractivity contribution in [3.05, 3.63) is 120 Å². The minimum atomic E-state index is 0. The molecule has 187 valence electrons. The van der Waals surface area contributed by atoms with Crippen LogP contribution in [-0.2, 0) is 19.5 Å². The van der Waals surface area contributed by atoms with Crippen LogP contribution in [0.1, 0.15) is 29.8 Å². The number of fused-ring (bicyclic) bond motifs is 7. The van der Waals surface area contributed by atoms with E-state index in [-0.39, 0.29) is 25.6 Å². The molecule has 1 aromatic heterocycles. The number of aromatic nitrogens is 1. The Morgan fingerprint density at radius 1 is 0.579 bits per heavy atom. The summed E-state index contributed by atoms with van der Waals surface area (Å²) in [5, 5.41) is 7.38. The summed E-state index contributed by atoms with van der Waals surface area (Å²) in [6.45, 7) is 9.04. The van der Waals surface area contributed by atoms with Crippen LogP contribution < -0.4 is 4.90 Å². The Kier molecular flexibility index (Phi) is 6.01. The Hall–Kier alpha value is -3.68. The molecule has 1 radical (unpaired) electrons. The van der Waals surface area contributed by atoms with Gasteiger partial charge in [-0.15, -0.1) is 35.0 Å². The topological polar surface area (TPSA) is 8.17 Å². The molecule has 3 heteroatoms. The van der Waals surface area contributed by atoms with Gasteiger partial charge in [0.05, 0.1) is 11.2 Å². The third-order valence-electron chi connectivity index (χ3n) is 8.21. The average molecular weight is 579 g/mol. The SMILES string of the molecule is Cc1ccccc1N1c2cccc3c4ccccc4c4ccc[c-]c4c4ccc(C)c(C)c4n(c23)[C@@H]1C.[Ru+]. The standard InChI is InChI=1S/C35H29N2.Ru/c1-22-20-21-31-29-16-9-7-14-27(29)26-13-6-8-15-28(26)30-17-11-19-33-35(30)37(34(31)24(22)3)25(4)36(33)32-18-10-5-12-23(32)2;/h5-15,17-21,25H,1-4H3;/q-1;+1/t25-;/m1./s1. The van der Waals surface area contributed by atoms with Crippen molar-refractivity contribution in [3.8, 4) is 0 Å². The van der Waals surface area contributed by atoms with Crippen molar-refractivity contribution in [1.29, 1.82) is 0 Å². The fraction of sp³-hybridized carbons (Fsp3) is 0.143. The number of rotatable bonds is 1. The van der Waals surface area contributed by atoms with E-state index in [9.17, 15) is 0 Å². The van der Waals surface area contributed by atoms with E-state index in [2.05, 4.69) is 134 Å². The van der Waals surface area contributed by atoms with Gasteiger partial charge in [-0.25, -0.2) is 0 Å². The molecule has 0 unspecified atom stereocenters. The molecule has 0 N–H and O–H groups in total. The molecule has 7 rings (SSSR count). The summed E-state index contributed by atoms with van der Waals surface area (Å²) in [6, 6.07) is 39.0. The van der Waals surface area contributed by atoms with E-state index in [1.807, 2.05) is 6.07 Å². The van der Waals surface area contributed by atoms with E-state index in [1.165, 1.54) is 66.0 Å². The molecule has 2 heterocycles. The van der Waals surface area contributed by atoms with E-state index in [1.54, 1.807) is 0 Å². The number of para-hydroxylation sites is 2. The normalized spacial score (nSPS) is 14.3. The van der Waals surface area contributed by atoms with Gasteiger partial charge in [0, 0.05) is 16.6 Å². The second-order valence-corrected chi connectivity index (χ2v) is 10.2. The van der Waals surface area contributed by atoms with Gasteiger partial charge in [0.2, 0.25) is 0 Å². The summed E-state index contributed by atoms with van der Waals surface area (Å²) >= 11 is 0. The molecule has 0 aliphatic carbocycles. The van der Waals surface area contributed by atoms with Gasteiger partial charge in [-0.05, 0) is 61.9 Å². The minimum absolute atomic E-state index is 0. The second-order valence-electron chi connectivity index (χ2n) is 10.2. The molecular weight excluding hydrogens is 549 g/mol. The van der Waals surface area contributed by atoms with Crippen LogP contribution in [-0.4, -0.2) is 4.57 Å². The van der Waals surface area contributed by atoms with Gasteiger partial charge in [-0.2, -0.15) is 0 Å². The van der Waals surface area contributed by atoms with Crippen molar-refractivity contribution in [3.63, 3.8) is 0 Å². The van der Waals surface area contributed by atoms with Gasteiger partial charge in [0.15, 0.2) is 0 Å². The van der Waals surface area contributed by atoms with Crippen LogP contribution >= 0.6 is 0 Å². The van der Waals surface area contributed by atoms with Crippen molar-refractivity contribution in [2.75, 3.05) is 4.90 Å². The summed E-state index contributed by atoms with van der Waals surface area (Å²) in [4.78, 5) is 2.51. The van der Waals surface area contributed by atoms with Crippen molar-refractivity contribution < 1.29 is 19.5 Å². The molecular formula is C35H29N2Ru. The second kappa shape index (κ2) is 9.26. The largest absolute Gasteiger partial charge is 1.00 e. The zero-order valence-corrected chi connectivity index (χ0v) is 23.8. The molecule has 5 aromatic carbocycles. The van der Waals surface area contributed by atoms with Gasteiger partial charge in [0.1, 0.15) is 6.17 Å². The first-order chi connectivity index (χ1) is 18.1. The first-order valence-corrected chi connectivity index (χ1v) is 13.0. The molecule has 0 saturated carbocycles. The molecule has 0 amide bonds. The van der Waals surface area contributed by atoms with Gasteiger partial charge in [-0.3, -0.25) is 0 Å². The Labute approximate surface area is 236 Å². The molecule has 6 aromatic rings. The fourth-order valence-electron chi connectivity index (χ4n) is 6.31. The van der Waals surface area contributed by atoms with E-state index >= 15 is 0 Å². The molecule has 1 aliphatic rings. The number of hydrogen-bond acceptors (Lipinski definition) is 1. The van der Waals surface area contributed by atoms with Crippen LogP contribution in [0.25, 0.3) is 43.4 Å². The number of hydrogen-bond donors (Lipinski definition) is 0. The molecule has 0 spiro atoms. The average Bonchev–Trinajstić information content (AvgIpc) is 3.23. The summed E-state index contributed by atoms with van der Waals surface area (Å²) in [5.74, 6) is 0. The molecule has 2 nitrogen and oxygen atoms in total. The van der Waals surface area contributed by atoms with Crippen LogP contribution in [0.5, 0.6) is 0 Å². The summed E-state index contributed by atoms with van der Waals surface area (Å²) in [5.41, 5.74) is 8.93.